The molecule has 1 saturated heterocycles. The van der Waals surface area contributed by atoms with Crippen molar-refractivity contribution in [2.75, 3.05) is 13.1 Å². The van der Waals surface area contributed by atoms with Crippen molar-refractivity contribution in [1.82, 2.24) is 10.2 Å². The van der Waals surface area contributed by atoms with Crippen LogP contribution in [0.15, 0.2) is 0 Å². The normalized spacial score (nSPS) is 22.4. The van der Waals surface area contributed by atoms with Gasteiger partial charge in [-0.2, -0.15) is 8.78 Å². The molecule has 4 nitrogen and oxygen atoms in total. The highest BCUT2D eigenvalue weighted by Crippen LogP contribution is 2.11. The molecule has 0 radical (unpaired) electrons. The number of carbonyl (C=O) groups is 2. The summed E-state index contributed by atoms with van der Waals surface area (Å²) in [7, 11) is 0. The maximum Gasteiger partial charge on any atom is 0.315 e. The first-order valence-corrected chi connectivity index (χ1v) is 4.44. The molecule has 1 unspecified atom stereocenters. The molecule has 1 fully saturated rings. The number of alkyl halides is 2. The summed E-state index contributed by atoms with van der Waals surface area (Å²) in [5.74, 6) is -1.61. The van der Waals surface area contributed by atoms with E-state index in [2.05, 4.69) is 5.32 Å². The van der Waals surface area contributed by atoms with Crippen LogP contribution in [0.2, 0.25) is 0 Å². The summed E-state index contributed by atoms with van der Waals surface area (Å²) in [6, 6.07) is -0.745. The van der Waals surface area contributed by atoms with E-state index in [9.17, 15) is 18.4 Å². The van der Waals surface area contributed by atoms with Gasteiger partial charge in [0.25, 0.3) is 5.91 Å². The Hall–Kier alpha value is -1.20. The molecule has 14 heavy (non-hydrogen) atoms. The summed E-state index contributed by atoms with van der Waals surface area (Å²) in [6.45, 7) is 2.09. The van der Waals surface area contributed by atoms with Crippen molar-refractivity contribution in [3.8, 4) is 0 Å². The molecule has 2 amide bonds. The van der Waals surface area contributed by atoms with Gasteiger partial charge in [-0.3, -0.25) is 9.59 Å². The van der Waals surface area contributed by atoms with Crippen LogP contribution in [0.3, 0.4) is 0 Å². The molecule has 0 aromatic heterocycles. The molecule has 0 saturated carbocycles. The van der Waals surface area contributed by atoms with Crippen LogP contribution in [0.1, 0.15) is 13.3 Å². The molecule has 1 aliphatic rings. The van der Waals surface area contributed by atoms with Gasteiger partial charge in [0.15, 0.2) is 0 Å². The van der Waals surface area contributed by atoms with Crippen molar-refractivity contribution < 1.29 is 18.4 Å². The number of hydrogen-bond donors (Lipinski definition) is 1. The van der Waals surface area contributed by atoms with Crippen LogP contribution < -0.4 is 5.32 Å². The molecule has 1 heterocycles. The van der Waals surface area contributed by atoms with Gasteiger partial charge in [-0.15, -0.1) is 0 Å². The Balaban J connectivity index is 2.74. The number of amides is 2. The number of rotatable bonds is 2. The fourth-order valence-corrected chi connectivity index (χ4v) is 1.51. The minimum absolute atomic E-state index is 0.160. The molecule has 0 bridgehead atoms. The lowest BCUT2D eigenvalue weighted by atomic mass is 10.1. The fraction of sp³-hybridized carbons (Fsp3) is 0.750. The second kappa shape index (κ2) is 4.34. The Kier molecular flexibility index (Phi) is 3.38. The minimum Gasteiger partial charge on any atom is -0.353 e. The third-order valence-corrected chi connectivity index (χ3v) is 2.19. The summed E-state index contributed by atoms with van der Waals surface area (Å²) in [4.78, 5) is 23.2. The standard InChI is InChI=1S/C8H12F2N2O2/c1-2-5-7(13)11-3-4-12(5)8(14)6(9)10/h5-6H,2-4H2,1H3,(H,11,13). The maximum atomic E-state index is 12.1. The average molecular weight is 206 g/mol. The summed E-state index contributed by atoms with van der Waals surface area (Å²) in [5.41, 5.74) is 0. The van der Waals surface area contributed by atoms with Crippen LogP contribution in [0.4, 0.5) is 8.78 Å². The largest absolute Gasteiger partial charge is 0.353 e. The number of hydrogen-bond acceptors (Lipinski definition) is 2. The zero-order valence-corrected chi connectivity index (χ0v) is 7.80. The van der Waals surface area contributed by atoms with Gasteiger partial charge in [0, 0.05) is 13.1 Å². The first-order chi connectivity index (χ1) is 6.57. The van der Waals surface area contributed by atoms with Crippen LogP contribution in [-0.4, -0.2) is 42.3 Å². The molecular weight excluding hydrogens is 194 g/mol. The lowest BCUT2D eigenvalue weighted by Gasteiger charge is -2.34. The minimum atomic E-state index is -3.03. The highest BCUT2D eigenvalue weighted by atomic mass is 19.3. The summed E-state index contributed by atoms with van der Waals surface area (Å²) in [6.07, 6.45) is -2.68. The maximum absolute atomic E-state index is 12.1. The zero-order chi connectivity index (χ0) is 10.7. The van der Waals surface area contributed by atoms with Crippen molar-refractivity contribution in [3.05, 3.63) is 0 Å². The predicted molar refractivity (Wildman–Crippen MR) is 44.8 cm³/mol. The van der Waals surface area contributed by atoms with Gasteiger partial charge in [-0.25, -0.2) is 0 Å². The van der Waals surface area contributed by atoms with E-state index in [1.54, 1.807) is 6.92 Å². The Bertz CT molecular complexity index is 245. The van der Waals surface area contributed by atoms with Gasteiger partial charge in [0.05, 0.1) is 0 Å². The zero-order valence-electron chi connectivity index (χ0n) is 7.80. The van der Waals surface area contributed by atoms with Crippen LogP contribution >= 0.6 is 0 Å². The Morgan fingerprint density at radius 2 is 2.36 bits per heavy atom. The van der Waals surface area contributed by atoms with Gasteiger partial charge >= 0.3 is 6.43 Å². The molecule has 1 rings (SSSR count). The van der Waals surface area contributed by atoms with Crippen molar-refractivity contribution >= 4 is 11.8 Å². The van der Waals surface area contributed by atoms with Crippen molar-refractivity contribution in [1.29, 1.82) is 0 Å². The smallest absolute Gasteiger partial charge is 0.315 e. The summed E-state index contributed by atoms with van der Waals surface area (Å²) >= 11 is 0. The van der Waals surface area contributed by atoms with Crippen molar-refractivity contribution in [3.63, 3.8) is 0 Å². The molecule has 0 aromatic rings. The SMILES string of the molecule is CCC1C(=O)NCCN1C(=O)C(F)F. The molecule has 0 aliphatic carbocycles. The average Bonchev–Trinajstić information content (AvgIpc) is 2.16. The van der Waals surface area contributed by atoms with Gasteiger partial charge in [-0.05, 0) is 6.42 Å². The Morgan fingerprint density at radius 1 is 1.71 bits per heavy atom. The van der Waals surface area contributed by atoms with E-state index in [0.29, 0.717) is 6.42 Å². The molecular formula is C8H12F2N2O2. The van der Waals surface area contributed by atoms with E-state index in [1.807, 2.05) is 0 Å². The van der Waals surface area contributed by atoms with Gasteiger partial charge < -0.3 is 10.2 Å². The predicted octanol–water partition coefficient (Wildman–Crippen LogP) is -0.0115. The van der Waals surface area contributed by atoms with Crippen LogP contribution in [0.25, 0.3) is 0 Å². The number of nitrogens with one attached hydrogen (secondary N) is 1. The van der Waals surface area contributed by atoms with Gasteiger partial charge in [0.1, 0.15) is 6.04 Å². The van der Waals surface area contributed by atoms with Gasteiger partial charge in [0.2, 0.25) is 5.91 Å². The first kappa shape index (κ1) is 10.9. The fourth-order valence-electron chi connectivity index (χ4n) is 1.51. The van der Waals surface area contributed by atoms with E-state index >= 15 is 0 Å². The first-order valence-electron chi connectivity index (χ1n) is 4.44. The van der Waals surface area contributed by atoms with E-state index in [1.165, 1.54) is 0 Å². The van der Waals surface area contributed by atoms with E-state index in [0.717, 1.165) is 4.90 Å². The molecule has 1 aliphatic heterocycles. The molecule has 6 heteroatoms. The topological polar surface area (TPSA) is 49.4 Å². The quantitative estimate of drug-likeness (QED) is 0.690. The number of piperazine rings is 1. The lowest BCUT2D eigenvalue weighted by Crippen LogP contribution is -2.58. The molecule has 0 spiro atoms. The Morgan fingerprint density at radius 3 is 2.86 bits per heavy atom. The van der Waals surface area contributed by atoms with E-state index in [-0.39, 0.29) is 19.0 Å². The van der Waals surface area contributed by atoms with E-state index < -0.39 is 18.4 Å². The van der Waals surface area contributed by atoms with E-state index in [4.69, 9.17) is 0 Å². The van der Waals surface area contributed by atoms with Crippen LogP contribution in [0, 0.1) is 0 Å². The highest BCUT2D eigenvalue weighted by Gasteiger charge is 2.35. The number of halogens is 2. The van der Waals surface area contributed by atoms with Crippen LogP contribution in [0.5, 0.6) is 0 Å². The third-order valence-electron chi connectivity index (χ3n) is 2.19. The third kappa shape index (κ3) is 2.00. The van der Waals surface area contributed by atoms with Gasteiger partial charge in [-0.1, -0.05) is 6.92 Å². The summed E-state index contributed by atoms with van der Waals surface area (Å²) < 4.78 is 24.3. The Labute approximate surface area is 80.3 Å². The van der Waals surface area contributed by atoms with Crippen molar-refractivity contribution in [2.24, 2.45) is 0 Å². The summed E-state index contributed by atoms with van der Waals surface area (Å²) in [5, 5.41) is 2.53. The van der Waals surface area contributed by atoms with Crippen molar-refractivity contribution in [2.45, 2.75) is 25.8 Å². The molecule has 1 N–H and O–H groups in total. The number of carbonyl (C=O) groups excluding carboxylic acids is 2. The molecule has 0 aromatic carbocycles. The lowest BCUT2D eigenvalue weighted by molar-refractivity contribution is -0.151. The second-order valence-corrected chi connectivity index (χ2v) is 3.05. The highest BCUT2D eigenvalue weighted by molar-refractivity contribution is 5.89. The monoisotopic (exact) mass is 206 g/mol. The molecule has 80 valence electrons. The van der Waals surface area contributed by atoms with Crippen LogP contribution in [-0.2, 0) is 9.59 Å². The number of nitrogens with zero attached hydrogens (tertiary/aromatic N) is 1. The second-order valence-electron chi connectivity index (χ2n) is 3.05. The molecule has 1 atom stereocenters.